The van der Waals surface area contributed by atoms with E-state index in [4.69, 9.17) is 16.4 Å². The highest BCUT2D eigenvalue weighted by molar-refractivity contribution is 6.32. The Balaban J connectivity index is 1.89. The van der Waals surface area contributed by atoms with E-state index in [9.17, 15) is 18.0 Å². The summed E-state index contributed by atoms with van der Waals surface area (Å²) in [5.74, 6) is -0.292. The molecule has 0 amide bonds. The number of carbonyl (C=O) groups is 1. The number of aldehydes is 1. The van der Waals surface area contributed by atoms with E-state index >= 15 is 0 Å². The maximum atomic E-state index is 12.3. The van der Waals surface area contributed by atoms with Crippen molar-refractivity contribution < 1.29 is 27.5 Å². The highest BCUT2D eigenvalue weighted by atomic mass is 35.5. The minimum absolute atomic E-state index is 0.226. The van der Waals surface area contributed by atoms with Gasteiger partial charge in [0.2, 0.25) is 6.23 Å². The molecule has 1 aliphatic heterocycles. The van der Waals surface area contributed by atoms with Crippen LogP contribution in [-0.2, 0) is 9.63 Å². The van der Waals surface area contributed by atoms with Gasteiger partial charge in [0, 0.05) is 5.56 Å². The Hall–Kier alpha value is -2.72. The van der Waals surface area contributed by atoms with Crippen LogP contribution >= 0.6 is 11.6 Å². The van der Waals surface area contributed by atoms with Crippen LogP contribution in [0.1, 0.15) is 5.69 Å². The van der Waals surface area contributed by atoms with Gasteiger partial charge in [-0.25, -0.2) is 25.3 Å². The number of hydroxylamine groups is 1. The van der Waals surface area contributed by atoms with E-state index in [1.807, 2.05) is 0 Å². The third kappa shape index (κ3) is 4.03. The lowest BCUT2D eigenvalue weighted by Gasteiger charge is -2.11. The van der Waals surface area contributed by atoms with E-state index in [1.54, 1.807) is 0 Å². The third-order valence-corrected chi connectivity index (χ3v) is 3.31. The molecule has 2 aromatic rings. The third-order valence-electron chi connectivity index (χ3n) is 3.01. The Labute approximate surface area is 143 Å². The van der Waals surface area contributed by atoms with Crippen molar-refractivity contribution in [2.24, 2.45) is 4.99 Å². The Morgan fingerprint density at radius 3 is 2.64 bits per heavy atom. The summed E-state index contributed by atoms with van der Waals surface area (Å²) in [7, 11) is 0. The van der Waals surface area contributed by atoms with E-state index in [0.29, 0.717) is 23.2 Å². The predicted molar refractivity (Wildman–Crippen MR) is 79.8 cm³/mol. The van der Waals surface area contributed by atoms with Gasteiger partial charge >= 0.3 is 6.36 Å². The van der Waals surface area contributed by atoms with Crippen LogP contribution in [0.25, 0.3) is 11.3 Å². The summed E-state index contributed by atoms with van der Waals surface area (Å²) in [5, 5.41) is -0.226. The zero-order valence-electron chi connectivity index (χ0n) is 12.1. The lowest BCUT2D eigenvalue weighted by Crippen LogP contribution is -2.20. The fourth-order valence-corrected chi connectivity index (χ4v) is 2.20. The average Bonchev–Trinajstić information content (AvgIpc) is 3.05. The first kappa shape index (κ1) is 17.1. The van der Waals surface area contributed by atoms with Crippen LogP contribution in [0.3, 0.4) is 0 Å². The number of aromatic nitrogens is 2. The summed E-state index contributed by atoms with van der Waals surface area (Å²) in [6.45, 7) is 0. The monoisotopic (exact) mass is 372 g/mol. The molecule has 0 saturated carbocycles. The topological polar surface area (TPSA) is 85.7 Å². The van der Waals surface area contributed by atoms with Crippen molar-refractivity contribution in [3.63, 3.8) is 0 Å². The molecule has 3 rings (SSSR count). The number of aliphatic imine (C=N–C) groups is 1. The molecule has 1 atom stereocenters. The molecule has 1 aliphatic rings. The largest absolute Gasteiger partial charge is 0.573 e. The maximum absolute atomic E-state index is 12.3. The number of rotatable bonds is 4. The molecular formula is C14H8ClF3N4O3. The van der Waals surface area contributed by atoms with E-state index in [1.165, 1.54) is 24.5 Å². The SMILES string of the molecule is O=CC1N=C(c2cc(-c3ccc(OC(F)(F)F)c(Cl)c3)ncn2)NO1. The predicted octanol–water partition coefficient (Wildman–Crippen LogP) is 2.50. The van der Waals surface area contributed by atoms with Gasteiger partial charge in [-0.1, -0.05) is 11.6 Å². The molecule has 0 bridgehead atoms. The Morgan fingerprint density at radius 2 is 2.00 bits per heavy atom. The van der Waals surface area contributed by atoms with Gasteiger partial charge in [-0.2, -0.15) is 0 Å². The van der Waals surface area contributed by atoms with Gasteiger partial charge in [-0.3, -0.25) is 4.79 Å². The second-order valence-electron chi connectivity index (χ2n) is 4.71. The molecule has 1 unspecified atom stereocenters. The number of alkyl halides is 3. The van der Waals surface area contributed by atoms with Crippen molar-refractivity contribution in [2.45, 2.75) is 12.6 Å². The molecule has 0 fully saturated rings. The van der Waals surface area contributed by atoms with Crippen molar-refractivity contribution in [1.29, 1.82) is 0 Å². The quantitative estimate of drug-likeness (QED) is 0.830. The van der Waals surface area contributed by atoms with Crippen LogP contribution in [0.4, 0.5) is 13.2 Å². The van der Waals surface area contributed by atoms with Crippen molar-refractivity contribution in [3.05, 3.63) is 41.3 Å². The molecule has 25 heavy (non-hydrogen) atoms. The number of amidine groups is 1. The van der Waals surface area contributed by atoms with Gasteiger partial charge < -0.3 is 4.74 Å². The van der Waals surface area contributed by atoms with Crippen LogP contribution in [-0.4, -0.2) is 34.7 Å². The second kappa shape index (κ2) is 6.65. The van der Waals surface area contributed by atoms with Crippen LogP contribution in [0.15, 0.2) is 35.6 Å². The molecule has 130 valence electrons. The van der Waals surface area contributed by atoms with Crippen LogP contribution in [0.5, 0.6) is 5.75 Å². The molecular weight excluding hydrogens is 365 g/mol. The van der Waals surface area contributed by atoms with E-state index in [-0.39, 0.29) is 10.9 Å². The average molecular weight is 373 g/mol. The fourth-order valence-electron chi connectivity index (χ4n) is 1.99. The lowest BCUT2D eigenvalue weighted by molar-refractivity contribution is -0.274. The first-order valence-corrected chi connectivity index (χ1v) is 7.06. The summed E-state index contributed by atoms with van der Waals surface area (Å²) in [6.07, 6.45) is -4.07. The van der Waals surface area contributed by atoms with E-state index in [2.05, 4.69) is 25.2 Å². The second-order valence-corrected chi connectivity index (χ2v) is 5.11. The normalized spacial score (nSPS) is 17.0. The minimum Gasteiger partial charge on any atom is -0.404 e. The van der Waals surface area contributed by atoms with E-state index < -0.39 is 18.3 Å². The number of carbonyl (C=O) groups excluding carboxylic acids is 1. The minimum atomic E-state index is -4.84. The molecule has 0 saturated heterocycles. The summed E-state index contributed by atoms with van der Waals surface area (Å²) in [4.78, 5) is 27.5. The lowest BCUT2D eigenvalue weighted by atomic mass is 10.1. The number of halogens is 4. The van der Waals surface area contributed by atoms with Crippen LogP contribution < -0.4 is 10.2 Å². The highest BCUT2D eigenvalue weighted by Gasteiger charge is 2.32. The smallest absolute Gasteiger partial charge is 0.404 e. The number of benzene rings is 1. The molecule has 1 aromatic carbocycles. The van der Waals surface area contributed by atoms with Gasteiger partial charge in [-0.15, -0.1) is 13.2 Å². The standard InChI is InChI=1S/C14H8ClF3N4O3/c15-8-3-7(1-2-11(8)24-14(16,17)18)9-4-10(20-6-19-9)13-21-12(5-23)25-22-13/h1-6,12H,(H,21,22). The van der Waals surface area contributed by atoms with Crippen molar-refractivity contribution >= 4 is 23.7 Å². The molecule has 0 radical (unpaired) electrons. The molecule has 1 aromatic heterocycles. The number of nitrogens with zero attached hydrogens (tertiary/aromatic N) is 3. The Morgan fingerprint density at radius 1 is 1.24 bits per heavy atom. The van der Waals surface area contributed by atoms with E-state index in [0.717, 1.165) is 6.07 Å². The van der Waals surface area contributed by atoms with Gasteiger partial charge in [0.1, 0.15) is 17.8 Å². The van der Waals surface area contributed by atoms with Crippen molar-refractivity contribution in [1.82, 2.24) is 15.4 Å². The zero-order valence-corrected chi connectivity index (χ0v) is 12.9. The first-order valence-electron chi connectivity index (χ1n) is 6.68. The molecule has 0 spiro atoms. The molecule has 0 aliphatic carbocycles. The van der Waals surface area contributed by atoms with Gasteiger partial charge in [-0.05, 0) is 24.3 Å². The fraction of sp³-hybridized carbons (Fsp3) is 0.143. The van der Waals surface area contributed by atoms with Crippen molar-refractivity contribution in [3.8, 4) is 17.0 Å². The molecule has 11 heteroatoms. The first-order chi connectivity index (χ1) is 11.9. The van der Waals surface area contributed by atoms with Gasteiger partial charge in [0.05, 0.1) is 10.7 Å². The molecule has 2 heterocycles. The maximum Gasteiger partial charge on any atom is 0.573 e. The van der Waals surface area contributed by atoms with Gasteiger partial charge in [0.25, 0.3) is 0 Å². The number of nitrogens with one attached hydrogen (secondary N) is 1. The summed E-state index contributed by atoms with van der Waals surface area (Å²) >= 11 is 5.83. The summed E-state index contributed by atoms with van der Waals surface area (Å²) < 4.78 is 40.6. The Bertz CT molecular complexity index is 844. The number of hydrogen-bond acceptors (Lipinski definition) is 7. The number of ether oxygens (including phenoxy) is 1. The summed E-state index contributed by atoms with van der Waals surface area (Å²) in [5.41, 5.74) is 3.61. The van der Waals surface area contributed by atoms with Crippen LogP contribution in [0, 0.1) is 0 Å². The van der Waals surface area contributed by atoms with Gasteiger partial charge in [0.15, 0.2) is 12.1 Å². The van der Waals surface area contributed by atoms with Crippen molar-refractivity contribution in [2.75, 3.05) is 0 Å². The zero-order chi connectivity index (χ0) is 18.0. The highest BCUT2D eigenvalue weighted by Crippen LogP contribution is 2.33. The number of hydrogen-bond donors (Lipinski definition) is 1. The Kier molecular flexibility index (Phi) is 4.55. The molecule has 7 nitrogen and oxygen atoms in total. The summed E-state index contributed by atoms with van der Waals surface area (Å²) in [6, 6.07) is 5.25. The van der Waals surface area contributed by atoms with Crippen LogP contribution in [0.2, 0.25) is 5.02 Å². The molecule has 1 N–H and O–H groups in total.